The Labute approximate surface area is 113 Å². The average molecular weight is 282 g/mol. The Morgan fingerprint density at radius 2 is 1.90 bits per heavy atom. The zero-order chi connectivity index (χ0) is 15.1. The molecule has 108 valence electrons. The van der Waals surface area contributed by atoms with E-state index in [1.165, 1.54) is 0 Å². The zero-order valence-corrected chi connectivity index (χ0v) is 11.0. The summed E-state index contributed by atoms with van der Waals surface area (Å²) in [4.78, 5) is 47.8. The number of ether oxygens (including phenoxy) is 2. The second-order valence-electron chi connectivity index (χ2n) is 3.48. The van der Waals surface area contributed by atoms with Gasteiger partial charge < -0.3 is 9.47 Å². The molecule has 0 aromatic carbocycles. The van der Waals surface area contributed by atoms with E-state index in [4.69, 9.17) is 4.74 Å². The highest BCUT2D eigenvalue weighted by atomic mass is 16.5. The number of rotatable bonds is 5. The summed E-state index contributed by atoms with van der Waals surface area (Å²) in [6.07, 6.45) is 1.91. The van der Waals surface area contributed by atoms with Crippen molar-refractivity contribution in [1.29, 1.82) is 0 Å². The minimum absolute atomic E-state index is 0.0666. The van der Waals surface area contributed by atoms with Crippen LogP contribution in [0.1, 0.15) is 13.8 Å². The average Bonchev–Trinajstić information content (AvgIpc) is 2.37. The van der Waals surface area contributed by atoms with Crippen molar-refractivity contribution in [1.82, 2.24) is 9.55 Å². The molecule has 1 heterocycles. The first kappa shape index (κ1) is 15.4. The van der Waals surface area contributed by atoms with Crippen LogP contribution in [-0.2, 0) is 19.1 Å². The summed E-state index contributed by atoms with van der Waals surface area (Å²) in [5, 5.41) is 0. The zero-order valence-electron chi connectivity index (χ0n) is 11.0. The van der Waals surface area contributed by atoms with E-state index >= 15 is 0 Å². The largest absolute Gasteiger partial charge is 0.463 e. The van der Waals surface area contributed by atoms with Gasteiger partial charge in [-0.15, -0.1) is 0 Å². The second-order valence-corrected chi connectivity index (χ2v) is 3.48. The van der Waals surface area contributed by atoms with E-state index in [0.717, 1.165) is 22.9 Å². The molecule has 0 radical (unpaired) electrons. The summed E-state index contributed by atoms with van der Waals surface area (Å²) in [5.41, 5.74) is -1.82. The van der Waals surface area contributed by atoms with Crippen molar-refractivity contribution in [3.8, 4) is 0 Å². The van der Waals surface area contributed by atoms with Gasteiger partial charge in [-0.25, -0.2) is 14.4 Å². The van der Waals surface area contributed by atoms with E-state index in [9.17, 15) is 19.2 Å². The number of nitrogens with one attached hydrogen (secondary N) is 1. The number of H-pyrrole nitrogens is 1. The van der Waals surface area contributed by atoms with E-state index in [0.29, 0.717) is 0 Å². The first-order chi connectivity index (χ1) is 9.49. The molecule has 0 fully saturated rings. The highest BCUT2D eigenvalue weighted by Gasteiger charge is 2.17. The van der Waals surface area contributed by atoms with Crippen molar-refractivity contribution in [3.05, 3.63) is 39.2 Å². The van der Waals surface area contributed by atoms with Gasteiger partial charge in [0.05, 0.1) is 19.3 Å². The van der Waals surface area contributed by atoms with Gasteiger partial charge in [0.15, 0.2) is 0 Å². The summed E-state index contributed by atoms with van der Waals surface area (Å²) in [5.74, 6) is -1.68. The number of hydrogen-bond donors (Lipinski definition) is 1. The number of hydrogen-bond acceptors (Lipinski definition) is 6. The van der Waals surface area contributed by atoms with Gasteiger partial charge in [0.25, 0.3) is 5.56 Å². The molecule has 8 heteroatoms. The summed E-state index contributed by atoms with van der Waals surface area (Å²) in [7, 11) is 0. The van der Waals surface area contributed by atoms with Crippen LogP contribution in [0.5, 0.6) is 0 Å². The van der Waals surface area contributed by atoms with Crippen molar-refractivity contribution in [2.75, 3.05) is 13.2 Å². The summed E-state index contributed by atoms with van der Waals surface area (Å²) < 4.78 is 10.2. The van der Waals surface area contributed by atoms with Crippen LogP contribution >= 0.6 is 0 Å². The third kappa shape index (κ3) is 3.94. The summed E-state index contributed by atoms with van der Waals surface area (Å²) in [6, 6.07) is 1.04. The lowest BCUT2D eigenvalue weighted by Crippen LogP contribution is -2.31. The van der Waals surface area contributed by atoms with E-state index < -0.39 is 23.2 Å². The molecule has 0 saturated carbocycles. The van der Waals surface area contributed by atoms with Crippen molar-refractivity contribution in [2.45, 2.75) is 13.8 Å². The summed E-state index contributed by atoms with van der Waals surface area (Å²) in [6.45, 7) is 3.36. The molecule has 0 bridgehead atoms. The van der Waals surface area contributed by atoms with Crippen molar-refractivity contribution >= 4 is 17.6 Å². The molecule has 0 atom stereocenters. The number of aromatic nitrogens is 2. The minimum atomic E-state index is -0.880. The van der Waals surface area contributed by atoms with Gasteiger partial charge in [0.2, 0.25) is 0 Å². The standard InChI is InChI=1S/C12H14N2O6/c1-3-19-10(16)7-8(11(17)20-4-2)14-6-5-9(15)13-12(14)18/h5-7H,3-4H2,1-2H3,(H,13,15,18). The maximum atomic E-state index is 11.8. The molecule has 8 nitrogen and oxygen atoms in total. The maximum absolute atomic E-state index is 11.8. The molecule has 0 saturated heterocycles. The van der Waals surface area contributed by atoms with Crippen LogP contribution in [0.3, 0.4) is 0 Å². The molecule has 1 N–H and O–H groups in total. The van der Waals surface area contributed by atoms with Crippen LogP contribution in [-0.4, -0.2) is 34.7 Å². The Kier molecular flexibility index (Phi) is 5.45. The lowest BCUT2D eigenvalue weighted by Gasteiger charge is -2.08. The van der Waals surface area contributed by atoms with Crippen molar-refractivity contribution in [3.63, 3.8) is 0 Å². The van der Waals surface area contributed by atoms with Crippen LogP contribution in [0.2, 0.25) is 0 Å². The molecular weight excluding hydrogens is 268 g/mol. The van der Waals surface area contributed by atoms with Gasteiger partial charge in [-0.2, -0.15) is 0 Å². The summed E-state index contributed by atoms with van der Waals surface area (Å²) >= 11 is 0. The third-order valence-electron chi connectivity index (χ3n) is 2.11. The van der Waals surface area contributed by atoms with E-state index in [1.54, 1.807) is 13.8 Å². The van der Waals surface area contributed by atoms with Gasteiger partial charge in [-0.05, 0) is 13.8 Å². The molecule has 0 aliphatic heterocycles. The Morgan fingerprint density at radius 3 is 2.45 bits per heavy atom. The Bertz CT molecular complexity index is 640. The predicted molar refractivity (Wildman–Crippen MR) is 68.9 cm³/mol. The van der Waals surface area contributed by atoms with Crippen molar-refractivity contribution in [2.24, 2.45) is 0 Å². The first-order valence-electron chi connectivity index (χ1n) is 5.87. The fourth-order valence-electron chi connectivity index (χ4n) is 1.33. The number of nitrogens with zero attached hydrogens (tertiary/aromatic N) is 1. The fraction of sp³-hybridized carbons (Fsp3) is 0.333. The molecule has 1 rings (SSSR count). The van der Waals surface area contributed by atoms with Gasteiger partial charge in [-0.1, -0.05) is 0 Å². The molecule has 0 unspecified atom stereocenters. The highest BCUT2D eigenvalue weighted by molar-refractivity contribution is 6.14. The normalized spacial score (nSPS) is 11.0. The molecule has 1 aromatic rings. The molecule has 0 aliphatic carbocycles. The molecule has 0 aliphatic rings. The van der Waals surface area contributed by atoms with E-state index in [-0.39, 0.29) is 18.9 Å². The SMILES string of the molecule is CCOC(=O)C=C(C(=O)OCC)n1ccc(=O)[nH]c1=O. The van der Waals surface area contributed by atoms with Crippen LogP contribution < -0.4 is 11.2 Å². The van der Waals surface area contributed by atoms with E-state index in [2.05, 4.69) is 4.74 Å². The van der Waals surface area contributed by atoms with Crippen LogP contribution in [0.15, 0.2) is 27.9 Å². The van der Waals surface area contributed by atoms with Crippen molar-refractivity contribution < 1.29 is 19.1 Å². The molecule has 0 spiro atoms. The second kappa shape index (κ2) is 7.07. The van der Waals surface area contributed by atoms with Crippen LogP contribution in [0.25, 0.3) is 5.70 Å². The Hall–Kier alpha value is -2.64. The van der Waals surface area contributed by atoms with Gasteiger partial charge in [0.1, 0.15) is 5.70 Å². The molecule has 20 heavy (non-hydrogen) atoms. The molecular formula is C12H14N2O6. The first-order valence-corrected chi connectivity index (χ1v) is 5.87. The smallest absolute Gasteiger partial charge is 0.355 e. The number of esters is 2. The highest BCUT2D eigenvalue weighted by Crippen LogP contribution is 2.04. The minimum Gasteiger partial charge on any atom is -0.463 e. The Balaban J connectivity index is 3.30. The van der Waals surface area contributed by atoms with Gasteiger partial charge in [-0.3, -0.25) is 14.3 Å². The van der Waals surface area contributed by atoms with Crippen LogP contribution in [0.4, 0.5) is 0 Å². The lowest BCUT2D eigenvalue weighted by molar-refractivity contribution is -0.139. The van der Waals surface area contributed by atoms with Crippen LogP contribution in [0, 0.1) is 0 Å². The number of carbonyl (C=O) groups excluding carboxylic acids is 2. The molecule has 1 aromatic heterocycles. The van der Waals surface area contributed by atoms with E-state index in [1.807, 2.05) is 4.98 Å². The fourth-order valence-corrected chi connectivity index (χ4v) is 1.33. The van der Waals surface area contributed by atoms with Gasteiger partial charge >= 0.3 is 17.6 Å². The molecule has 0 amide bonds. The quantitative estimate of drug-likeness (QED) is 0.576. The topological polar surface area (TPSA) is 107 Å². The monoisotopic (exact) mass is 282 g/mol. The predicted octanol–water partition coefficient (Wildman–Crippen LogP) is -0.496. The Morgan fingerprint density at radius 1 is 1.25 bits per heavy atom. The maximum Gasteiger partial charge on any atom is 0.355 e. The third-order valence-corrected chi connectivity index (χ3v) is 2.11. The lowest BCUT2D eigenvalue weighted by atomic mass is 10.3. The number of aromatic amines is 1. The number of carbonyl (C=O) groups is 2. The van der Waals surface area contributed by atoms with Gasteiger partial charge in [0, 0.05) is 12.3 Å².